The highest BCUT2D eigenvalue weighted by molar-refractivity contribution is 5.24. The monoisotopic (exact) mass is 389 g/mol. The van der Waals surface area contributed by atoms with Crippen LogP contribution in [-0.2, 0) is 6.54 Å². The molecule has 2 aromatic heterocycles. The average molecular weight is 390 g/mol. The minimum atomic E-state index is 0.168. The summed E-state index contributed by atoms with van der Waals surface area (Å²) in [7, 11) is 0. The molecular weight excluding hydrogens is 356 g/mol. The highest BCUT2D eigenvalue weighted by Gasteiger charge is 2.22. The third-order valence-electron chi connectivity index (χ3n) is 5.99. The summed E-state index contributed by atoms with van der Waals surface area (Å²) in [6, 6.07) is 19.6. The molecule has 0 amide bonds. The van der Waals surface area contributed by atoms with E-state index in [-0.39, 0.29) is 6.61 Å². The maximum absolute atomic E-state index is 9.12. The molecule has 3 nitrogen and oxygen atoms in total. The lowest BCUT2D eigenvalue weighted by molar-refractivity contribution is -0.698. The second kappa shape index (κ2) is 10.9. The van der Waals surface area contributed by atoms with E-state index in [9.17, 15) is 0 Å². The molecule has 0 aliphatic carbocycles. The average Bonchev–Trinajstić information content (AvgIpc) is 2.78. The Morgan fingerprint density at radius 1 is 0.828 bits per heavy atom. The van der Waals surface area contributed by atoms with E-state index in [0.29, 0.717) is 24.3 Å². The van der Waals surface area contributed by atoms with Gasteiger partial charge in [-0.3, -0.25) is 4.98 Å². The Labute approximate surface area is 175 Å². The van der Waals surface area contributed by atoms with E-state index in [1.54, 1.807) is 0 Å². The number of pyridine rings is 2. The molecule has 0 saturated carbocycles. The largest absolute Gasteiger partial charge is 0.390 e. The van der Waals surface area contributed by atoms with Gasteiger partial charge in [0, 0.05) is 24.5 Å². The van der Waals surface area contributed by atoms with Crippen molar-refractivity contribution < 1.29 is 9.67 Å². The molecule has 3 heteroatoms. The fourth-order valence-corrected chi connectivity index (χ4v) is 4.24. The van der Waals surface area contributed by atoms with Crippen LogP contribution in [0.5, 0.6) is 0 Å². The van der Waals surface area contributed by atoms with E-state index in [1.807, 2.05) is 17.0 Å². The third-order valence-corrected chi connectivity index (χ3v) is 5.99. The highest BCUT2D eigenvalue weighted by Crippen LogP contribution is 2.38. The van der Waals surface area contributed by atoms with Gasteiger partial charge in [0.1, 0.15) is 6.61 Å². The molecule has 0 saturated heterocycles. The Morgan fingerprint density at radius 3 is 2.10 bits per heavy atom. The molecule has 0 radical (unpaired) electrons. The third kappa shape index (κ3) is 5.98. The van der Waals surface area contributed by atoms with Crippen LogP contribution in [0, 0.1) is 0 Å². The van der Waals surface area contributed by atoms with Crippen molar-refractivity contribution in [2.45, 2.75) is 57.4 Å². The molecule has 0 aliphatic rings. The van der Waals surface area contributed by atoms with Gasteiger partial charge in [0.15, 0.2) is 18.9 Å². The lowest BCUT2D eigenvalue weighted by Gasteiger charge is -2.26. The predicted molar refractivity (Wildman–Crippen MR) is 118 cm³/mol. The summed E-state index contributed by atoms with van der Waals surface area (Å²) >= 11 is 0. The van der Waals surface area contributed by atoms with E-state index >= 15 is 0 Å². The lowest BCUT2D eigenvalue weighted by atomic mass is 9.79. The summed E-state index contributed by atoms with van der Waals surface area (Å²) in [5.41, 5.74) is 4.17. The summed E-state index contributed by atoms with van der Waals surface area (Å²) in [5, 5.41) is 9.12. The van der Waals surface area contributed by atoms with Crippen LogP contribution in [0.1, 0.15) is 67.6 Å². The maximum atomic E-state index is 9.12. The summed E-state index contributed by atoms with van der Waals surface area (Å²) in [6.45, 7) is 5.43. The van der Waals surface area contributed by atoms with Crippen LogP contribution in [0.15, 0.2) is 79.4 Å². The number of aromatic nitrogens is 2. The van der Waals surface area contributed by atoms with Gasteiger partial charge in [-0.1, -0.05) is 44.2 Å². The smallest absolute Gasteiger partial charge is 0.171 e. The molecule has 0 fully saturated rings. The number of aliphatic hydroxyl groups excluding tert-OH is 1. The topological polar surface area (TPSA) is 37.0 Å². The first-order valence-electron chi connectivity index (χ1n) is 10.8. The van der Waals surface area contributed by atoms with Crippen molar-refractivity contribution in [1.29, 1.82) is 0 Å². The summed E-state index contributed by atoms with van der Waals surface area (Å²) in [5.74, 6) is 1.51. The number of nitrogens with zero attached hydrogens (tertiary/aromatic N) is 2. The van der Waals surface area contributed by atoms with Gasteiger partial charge in [-0.15, -0.1) is 0 Å². The number of aliphatic hydroxyl groups is 1. The minimum Gasteiger partial charge on any atom is -0.390 e. The van der Waals surface area contributed by atoms with Gasteiger partial charge in [-0.05, 0) is 65.8 Å². The van der Waals surface area contributed by atoms with E-state index in [1.165, 1.54) is 16.7 Å². The molecule has 0 spiro atoms. The SMILES string of the molecule is CCC(CC(CC(C)c1cc[n+](CCO)cc1)c1ccncc1)c1ccccc1. The summed E-state index contributed by atoms with van der Waals surface area (Å²) in [4.78, 5) is 4.23. The summed E-state index contributed by atoms with van der Waals surface area (Å²) < 4.78 is 2.03. The molecule has 3 unspecified atom stereocenters. The fraction of sp³-hybridized carbons (Fsp3) is 0.385. The molecule has 0 aliphatic heterocycles. The molecule has 3 rings (SSSR count). The maximum Gasteiger partial charge on any atom is 0.171 e. The Hall–Kier alpha value is -2.52. The second-order valence-corrected chi connectivity index (χ2v) is 7.96. The molecule has 1 aromatic carbocycles. The minimum absolute atomic E-state index is 0.168. The Bertz CT molecular complexity index is 834. The van der Waals surface area contributed by atoms with Gasteiger partial charge in [-0.2, -0.15) is 0 Å². The Kier molecular flexibility index (Phi) is 7.94. The molecule has 152 valence electrons. The highest BCUT2D eigenvalue weighted by atomic mass is 16.3. The van der Waals surface area contributed by atoms with Crippen molar-refractivity contribution in [3.63, 3.8) is 0 Å². The zero-order valence-corrected chi connectivity index (χ0v) is 17.6. The van der Waals surface area contributed by atoms with Gasteiger partial charge in [0.2, 0.25) is 0 Å². The van der Waals surface area contributed by atoms with Crippen molar-refractivity contribution >= 4 is 0 Å². The zero-order valence-electron chi connectivity index (χ0n) is 17.6. The van der Waals surface area contributed by atoms with Crippen molar-refractivity contribution in [3.8, 4) is 0 Å². The van der Waals surface area contributed by atoms with Crippen molar-refractivity contribution in [1.82, 2.24) is 4.98 Å². The first kappa shape index (κ1) is 21.2. The first-order valence-corrected chi connectivity index (χ1v) is 10.8. The van der Waals surface area contributed by atoms with Gasteiger partial charge < -0.3 is 5.11 Å². The van der Waals surface area contributed by atoms with Gasteiger partial charge in [-0.25, -0.2) is 4.57 Å². The van der Waals surface area contributed by atoms with Crippen LogP contribution < -0.4 is 4.57 Å². The van der Waals surface area contributed by atoms with Crippen molar-refractivity contribution in [2.24, 2.45) is 0 Å². The van der Waals surface area contributed by atoms with Gasteiger partial charge in [0.25, 0.3) is 0 Å². The lowest BCUT2D eigenvalue weighted by Crippen LogP contribution is -2.34. The Morgan fingerprint density at radius 2 is 1.48 bits per heavy atom. The van der Waals surface area contributed by atoms with Gasteiger partial charge >= 0.3 is 0 Å². The van der Waals surface area contributed by atoms with E-state index in [0.717, 1.165) is 19.3 Å². The van der Waals surface area contributed by atoms with E-state index in [4.69, 9.17) is 5.11 Å². The summed E-state index contributed by atoms with van der Waals surface area (Å²) in [6.07, 6.45) is 11.4. The van der Waals surface area contributed by atoms with Crippen LogP contribution in [0.2, 0.25) is 0 Å². The Balaban J connectivity index is 1.78. The fourth-order valence-electron chi connectivity index (χ4n) is 4.24. The molecule has 29 heavy (non-hydrogen) atoms. The quantitative estimate of drug-likeness (QED) is 0.483. The zero-order chi connectivity index (χ0) is 20.5. The standard InChI is InChI=1S/C26H33N2O/c1-3-22(24-7-5-4-6-8-24)20-26(25-9-13-27-14-10-25)19-21(2)23-11-15-28(16-12-23)17-18-29/h4-16,21-22,26,29H,3,17-20H2,1-2H3/q+1. The molecule has 3 aromatic rings. The number of hydrogen-bond acceptors (Lipinski definition) is 2. The van der Waals surface area contributed by atoms with Crippen LogP contribution in [0.4, 0.5) is 0 Å². The van der Waals surface area contributed by atoms with Gasteiger partial charge in [0.05, 0.1) is 0 Å². The van der Waals surface area contributed by atoms with Crippen molar-refractivity contribution in [3.05, 3.63) is 96.1 Å². The predicted octanol–water partition coefficient (Wildman–Crippen LogP) is 5.22. The number of hydrogen-bond donors (Lipinski definition) is 1. The van der Waals surface area contributed by atoms with Crippen molar-refractivity contribution in [2.75, 3.05) is 6.61 Å². The number of benzene rings is 1. The first-order chi connectivity index (χ1) is 14.2. The normalized spacial score (nSPS) is 14.3. The van der Waals surface area contributed by atoms with E-state index in [2.05, 4.69) is 85.8 Å². The molecule has 1 N–H and O–H groups in total. The molecular formula is C26H33N2O+. The molecule has 0 bridgehead atoms. The van der Waals surface area contributed by atoms with Crippen LogP contribution in [0.3, 0.4) is 0 Å². The number of rotatable bonds is 10. The van der Waals surface area contributed by atoms with Crippen LogP contribution in [0.25, 0.3) is 0 Å². The molecule has 3 atom stereocenters. The van der Waals surface area contributed by atoms with Crippen LogP contribution in [-0.4, -0.2) is 16.7 Å². The van der Waals surface area contributed by atoms with E-state index < -0.39 is 0 Å². The van der Waals surface area contributed by atoms with Crippen LogP contribution >= 0.6 is 0 Å². The molecule has 2 heterocycles. The second-order valence-electron chi connectivity index (χ2n) is 7.96.